The molecule has 0 aromatic carbocycles. The Morgan fingerprint density at radius 1 is 1.32 bits per heavy atom. The van der Waals surface area contributed by atoms with E-state index in [4.69, 9.17) is 5.10 Å². The van der Waals surface area contributed by atoms with Crippen LogP contribution >= 0.6 is 11.3 Å². The molecule has 1 aliphatic carbocycles. The molecule has 4 heterocycles. The molecule has 28 heavy (non-hydrogen) atoms. The number of thiazole rings is 1. The van der Waals surface area contributed by atoms with Gasteiger partial charge in [-0.1, -0.05) is 6.07 Å². The quantitative estimate of drug-likeness (QED) is 0.539. The minimum absolute atomic E-state index is 0.267. The molecule has 5 rings (SSSR count). The second kappa shape index (κ2) is 7.01. The fourth-order valence-corrected chi connectivity index (χ4v) is 3.86. The molecule has 4 aromatic rings. The van der Waals surface area contributed by atoms with Crippen LogP contribution in [0.5, 0.6) is 0 Å². The van der Waals surface area contributed by atoms with Gasteiger partial charge in [-0.2, -0.15) is 10.2 Å². The number of carbonyl (C=O) groups excluding carboxylic acids is 1. The van der Waals surface area contributed by atoms with E-state index in [2.05, 4.69) is 25.5 Å². The molecule has 1 aliphatic rings. The average molecular weight is 391 g/mol. The Morgan fingerprint density at radius 2 is 2.25 bits per heavy atom. The van der Waals surface area contributed by atoms with Gasteiger partial charge >= 0.3 is 0 Å². The Kier molecular flexibility index (Phi) is 4.21. The Hall–Kier alpha value is -3.33. The van der Waals surface area contributed by atoms with Crippen molar-refractivity contribution in [2.45, 2.75) is 25.3 Å². The highest BCUT2D eigenvalue weighted by Crippen LogP contribution is 2.34. The van der Waals surface area contributed by atoms with Gasteiger partial charge in [-0.25, -0.2) is 4.98 Å². The lowest BCUT2D eigenvalue weighted by atomic mass is 9.93. The van der Waals surface area contributed by atoms with Crippen LogP contribution < -0.4 is 5.32 Å². The van der Waals surface area contributed by atoms with E-state index >= 15 is 0 Å². The molecular formula is C19H17N7OS. The molecule has 8 nitrogen and oxygen atoms in total. The molecule has 1 saturated carbocycles. The normalized spacial score (nSPS) is 14.0. The summed E-state index contributed by atoms with van der Waals surface area (Å²) in [5.41, 5.74) is 3.27. The summed E-state index contributed by atoms with van der Waals surface area (Å²) in [7, 11) is 0. The monoisotopic (exact) mass is 391 g/mol. The zero-order valence-electron chi connectivity index (χ0n) is 14.9. The summed E-state index contributed by atoms with van der Waals surface area (Å²) >= 11 is 1.40. The van der Waals surface area contributed by atoms with Crippen molar-refractivity contribution in [3.63, 3.8) is 0 Å². The van der Waals surface area contributed by atoms with Crippen LogP contribution in [0.2, 0.25) is 0 Å². The number of pyridine rings is 1. The summed E-state index contributed by atoms with van der Waals surface area (Å²) < 4.78 is 1.95. The lowest BCUT2D eigenvalue weighted by Crippen LogP contribution is -2.17. The third-order valence-electron chi connectivity index (χ3n) is 4.82. The number of amides is 1. The number of anilines is 1. The van der Waals surface area contributed by atoms with Crippen LogP contribution in [0.3, 0.4) is 0 Å². The molecular weight excluding hydrogens is 374 g/mol. The summed E-state index contributed by atoms with van der Waals surface area (Å²) in [6, 6.07) is 6.05. The molecule has 4 aromatic heterocycles. The molecule has 0 bridgehead atoms. The molecule has 0 aliphatic heterocycles. The van der Waals surface area contributed by atoms with Gasteiger partial charge < -0.3 is 5.32 Å². The number of carbonyl (C=O) groups is 1. The Labute approximate surface area is 164 Å². The van der Waals surface area contributed by atoms with E-state index in [1.165, 1.54) is 17.8 Å². The van der Waals surface area contributed by atoms with Gasteiger partial charge in [0.2, 0.25) is 0 Å². The van der Waals surface area contributed by atoms with Crippen LogP contribution in [0.1, 0.15) is 35.8 Å². The SMILES string of the molecule is O=C(Nc1cn(C2CCC2)nc1-c1ccccn1)c1csc(-c2cn[nH]c2)n1. The Balaban J connectivity index is 1.44. The molecule has 140 valence electrons. The van der Waals surface area contributed by atoms with Gasteiger partial charge in [-0.05, 0) is 31.4 Å². The van der Waals surface area contributed by atoms with Crippen molar-refractivity contribution in [2.24, 2.45) is 0 Å². The first kappa shape index (κ1) is 16.8. The smallest absolute Gasteiger partial charge is 0.275 e. The van der Waals surface area contributed by atoms with Gasteiger partial charge in [0.15, 0.2) is 0 Å². The van der Waals surface area contributed by atoms with Gasteiger partial charge in [-0.15, -0.1) is 11.3 Å². The molecule has 1 fully saturated rings. The summed E-state index contributed by atoms with van der Waals surface area (Å²) in [5.74, 6) is -0.267. The number of H-pyrrole nitrogens is 1. The van der Waals surface area contributed by atoms with E-state index < -0.39 is 0 Å². The Morgan fingerprint density at radius 3 is 2.96 bits per heavy atom. The van der Waals surface area contributed by atoms with E-state index in [-0.39, 0.29) is 5.91 Å². The number of hydrogen-bond acceptors (Lipinski definition) is 6. The highest BCUT2D eigenvalue weighted by Gasteiger charge is 2.24. The van der Waals surface area contributed by atoms with Gasteiger partial charge in [0.25, 0.3) is 5.91 Å². The number of nitrogens with one attached hydrogen (secondary N) is 2. The van der Waals surface area contributed by atoms with Crippen LogP contribution in [-0.2, 0) is 0 Å². The van der Waals surface area contributed by atoms with E-state index in [0.717, 1.165) is 29.1 Å². The molecule has 0 saturated heterocycles. The van der Waals surface area contributed by atoms with Crippen molar-refractivity contribution in [3.05, 3.63) is 54.1 Å². The first-order chi connectivity index (χ1) is 13.8. The third-order valence-corrected chi connectivity index (χ3v) is 5.71. The van der Waals surface area contributed by atoms with E-state index in [0.29, 0.717) is 23.1 Å². The summed E-state index contributed by atoms with van der Waals surface area (Å²) in [4.78, 5) is 21.6. The predicted molar refractivity (Wildman–Crippen MR) is 106 cm³/mol. The highest BCUT2D eigenvalue weighted by atomic mass is 32.1. The second-order valence-corrected chi connectivity index (χ2v) is 7.51. The summed E-state index contributed by atoms with van der Waals surface area (Å²) in [5, 5.41) is 16.8. The number of nitrogens with zero attached hydrogens (tertiary/aromatic N) is 5. The molecule has 9 heteroatoms. The summed E-state index contributed by atoms with van der Waals surface area (Å²) in [6.45, 7) is 0. The fraction of sp³-hybridized carbons (Fsp3) is 0.211. The Bertz CT molecular complexity index is 1100. The maximum atomic E-state index is 12.8. The number of hydrogen-bond donors (Lipinski definition) is 2. The zero-order chi connectivity index (χ0) is 18.9. The third kappa shape index (κ3) is 3.09. The van der Waals surface area contributed by atoms with E-state index in [1.54, 1.807) is 24.0 Å². The van der Waals surface area contributed by atoms with Crippen molar-refractivity contribution in [3.8, 4) is 22.0 Å². The van der Waals surface area contributed by atoms with Crippen LogP contribution in [0.15, 0.2) is 48.4 Å². The molecule has 0 radical (unpaired) electrons. The second-order valence-electron chi connectivity index (χ2n) is 6.65. The zero-order valence-corrected chi connectivity index (χ0v) is 15.7. The number of rotatable bonds is 5. The fourth-order valence-electron chi connectivity index (χ4n) is 3.08. The molecule has 0 spiro atoms. The lowest BCUT2D eigenvalue weighted by Gasteiger charge is -2.25. The van der Waals surface area contributed by atoms with E-state index in [9.17, 15) is 4.79 Å². The molecule has 2 N–H and O–H groups in total. The van der Waals surface area contributed by atoms with E-state index in [1.807, 2.05) is 29.1 Å². The minimum Gasteiger partial charge on any atom is -0.317 e. The standard InChI is InChI=1S/C19H17N7OS/c27-18(16-11-28-19(24-16)12-8-21-22-9-12)23-15-10-26(13-4-3-5-13)25-17(15)14-6-1-2-7-20-14/h1-2,6-11,13H,3-5H2,(H,21,22)(H,23,27). The van der Waals surface area contributed by atoms with Gasteiger partial charge in [0.05, 0.1) is 23.6 Å². The van der Waals surface area contributed by atoms with Crippen LogP contribution in [0.4, 0.5) is 5.69 Å². The summed E-state index contributed by atoms with van der Waals surface area (Å²) in [6.07, 6.45) is 10.5. The molecule has 0 unspecified atom stereocenters. The number of aromatic amines is 1. The first-order valence-corrected chi connectivity index (χ1v) is 9.92. The highest BCUT2D eigenvalue weighted by molar-refractivity contribution is 7.13. The first-order valence-electron chi connectivity index (χ1n) is 9.04. The molecule has 1 amide bonds. The van der Waals surface area contributed by atoms with Crippen molar-refractivity contribution in [1.29, 1.82) is 0 Å². The van der Waals surface area contributed by atoms with Gasteiger partial charge in [0, 0.05) is 29.5 Å². The minimum atomic E-state index is -0.267. The predicted octanol–water partition coefficient (Wildman–Crippen LogP) is 3.77. The van der Waals surface area contributed by atoms with Gasteiger partial charge in [-0.3, -0.25) is 19.6 Å². The maximum Gasteiger partial charge on any atom is 0.275 e. The van der Waals surface area contributed by atoms with Crippen molar-refractivity contribution in [2.75, 3.05) is 5.32 Å². The van der Waals surface area contributed by atoms with Crippen LogP contribution in [0.25, 0.3) is 22.0 Å². The maximum absolute atomic E-state index is 12.8. The molecule has 0 atom stereocenters. The van der Waals surface area contributed by atoms with Crippen molar-refractivity contribution in [1.82, 2.24) is 29.9 Å². The van der Waals surface area contributed by atoms with Crippen molar-refractivity contribution < 1.29 is 4.79 Å². The average Bonchev–Trinajstić information content (AvgIpc) is 3.41. The van der Waals surface area contributed by atoms with Gasteiger partial charge in [0.1, 0.15) is 16.4 Å². The largest absolute Gasteiger partial charge is 0.317 e. The van der Waals surface area contributed by atoms with Crippen LogP contribution in [-0.4, -0.2) is 35.9 Å². The van der Waals surface area contributed by atoms with Crippen molar-refractivity contribution >= 4 is 22.9 Å². The number of aromatic nitrogens is 6. The lowest BCUT2D eigenvalue weighted by molar-refractivity contribution is 0.102. The van der Waals surface area contributed by atoms with Crippen LogP contribution in [0, 0.1) is 0 Å². The topological polar surface area (TPSA) is 101 Å².